The van der Waals surface area contributed by atoms with Crippen LogP contribution in [-0.4, -0.2) is 37.6 Å². The number of aromatic nitrogens is 4. The van der Waals surface area contributed by atoms with Gasteiger partial charge in [0.2, 0.25) is 5.95 Å². The second kappa shape index (κ2) is 7.04. The largest absolute Gasteiger partial charge is 0.350 e. The summed E-state index contributed by atoms with van der Waals surface area (Å²) in [6.07, 6.45) is 3.24. The van der Waals surface area contributed by atoms with E-state index in [0.29, 0.717) is 17.9 Å². The van der Waals surface area contributed by atoms with E-state index in [-0.39, 0.29) is 5.69 Å². The maximum absolute atomic E-state index is 14.2. The lowest BCUT2D eigenvalue weighted by Gasteiger charge is -2.03. The zero-order chi connectivity index (χ0) is 17.1. The van der Waals surface area contributed by atoms with Crippen LogP contribution in [0.5, 0.6) is 0 Å². The summed E-state index contributed by atoms with van der Waals surface area (Å²) in [6, 6.07) is 3.51. The SMILES string of the molecule is Cc1ccn2c(F)c(C(=O)NCCSCc3nc[nH]c3C)nc2c1. The van der Waals surface area contributed by atoms with Crippen molar-refractivity contribution in [1.82, 2.24) is 24.7 Å². The van der Waals surface area contributed by atoms with E-state index in [1.54, 1.807) is 36.4 Å². The lowest BCUT2D eigenvalue weighted by atomic mass is 10.3. The van der Waals surface area contributed by atoms with Crippen molar-refractivity contribution in [2.24, 2.45) is 0 Å². The van der Waals surface area contributed by atoms with Crippen LogP contribution in [0, 0.1) is 19.8 Å². The zero-order valence-electron chi connectivity index (χ0n) is 13.5. The van der Waals surface area contributed by atoms with Crippen molar-refractivity contribution in [2.45, 2.75) is 19.6 Å². The molecule has 0 aliphatic carbocycles. The number of pyridine rings is 1. The minimum atomic E-state index is -0.637. The number of halogens is 1. The van der Waals surface area contributed by atoms with Crippen LogP contribution in [0.15, 0.2) is 24.7 Å². The Morgan fingerprint density at radius 3 is 3.04 bits per heavy atom. The van der Waals surface area contributed by atoms with Crippen LogP contribution in [0.4, 0.5) is 4.39 Å². The molecule has 8 heteroatoms. The molecule has 3 aromatic heterocycles. The highest BCUT2D eigenvalue weighted by molar-refractivity contribution is 7.98. The molecule has 0 aliphatic heterocycles. The smallest absolute Gasteiger partial charge is 0.274 e. The van der Waals surface area contributed by atoms with Crippen LogP contribution in [0.25, 0.3) is 5.65 Å². The Bertz CT molecular complexity index is 873. The van der Waals surface area contributed by atoms with Crippen LogP contribution >= 0.6 is 11.8 Å². The van der Waals surface area contributed by atoms with Gasteiger partial charge in [-0.2, -0.15) is 16.2 Å². The van der Waals surface area contributed by atoms with Crippen molar-refractivity contribution in [3.63, 3.8) is 0 Å². The predicted octanol–water partition coefficient (Wildman–Crippen LogP) is 2.48. The number of nitrogens with zero attached hydrogens (tertiary/aromatic N) is 3. The molecule has 3 heterocycles. The highest BCUT2D eigenvalue weighted by Crippen LogP contribution is 2.14. The molecule has 0 aromatic carbocycles. The van der Waals surface area contributed by atoms with Crippen molar-refractivity contribution >= 4 is 23.3 Å². The van der Waals surface area contributed by atoms with E-state index in [2.05, 4.69) is 20.3 Å². The first-order chi connectivity index (χ1) is 11.6. The van der Waals surface area contributed by atoms with E-state index in [0.717, 1.165) is 22.7 Å². The van der Waals surface area contributed by atoms with E-state index in [1.807, 2.05) is 13.8 Å². The zero-order valence-corrected chi connectivity index (χ0v) is 14.3. The van der Waals surface area contributed by atoms with E-state index >= 15 is 0 Å². The summed E-state index contributed by atoms with van der Waals surface area (Å²) < 4.78 is 15.5. The lowest BCUT2D eigenvalue weighted by Crippen LogP contribution is -2.27. The third-order valence-electron chi connectivity index (χ3n) is 3.64. The standard InChI is InChI=1S/C16H18FN5OS/c1-10-3-5-22-13(7-10)21-14(15(22)17)16(23)18-4-6-24-8-12-11(2)19-9-20-12/h3,5,7,9H,4,6,8H2,1-2H3,(H,18,23)(H,19,20). The Balaban J connectivity index is 1.54. The second-order valence-electron chi connectivity index (χ2n) is 5.47. The number of nitrogens with one attached hydrogen (secondary N) is 2. The Kier molecular flexibility index (Phi) is 4.84. The third kappa shape index (κ3) is 3.43. The van der Waals surface area contributed by atoms with Gasteiger partial charge in [0.05, 0.1) is 12.0 Å². The number of amides is 1. The number of rotatable bonds is 6. The highest BCUT2D eigenvalue weighted by Gasteiger charge is 2.18. The van der Waals surface area contributed by atoms with Crippen LogP contribution in [-0.2, 0) is 5.75 Å². The first-order valence-electron chi connectivity index (χ1n) is 7.55. The molecule has 3 aromatic rings. The van der Waals surface area contributed by atoms with Crippen LogP contribution in [0.3, 0.4) is 0 Å². The van der Waals surface area contributed by atoms with E-state index in [4.69, 9.17) is 0 Å². The number of carbonyl (C=O) groups is 1. The van der Waals surface area contributed by atoms with E-state index < -0.39 is 11.9 Å². The number of carbonyl (C=O) groups excluding carboxylic acids is 1. The fourth-order valence-electron chi connectivity index (χ4n) is 2.28. The van der Waals surface area contributed by atoms with Gasteiger partial charge in [-0.1, -0.05) is 0 Å². The Morgan fingerprint density at radius 2 is 2.29 bits per heavy atom. The number of hydrogen-bond donors (Lipinski definition) is 2. The molecule has 24 heavy (non-hydrogen) atoms. The van der Waals surface area contributed by atoms with Gasteiger partial charge in [0, 0.05) is 29.9 Å². The third-order valence-corrected chi connectivity index (χ3v) is 4.61. The topological polar surface area (TPSA) is 75.1 Å². The molecule has 0 unspecified atom stereocenters. The molecule has 0 fully saturated rings. The molecule has 6 nitrogen and oxygen atoms in total. The van der Waals surface area contributed by atoms with Gasteiger partial charge in [-0.25, -0.2) is 9.97 Å². The Hall–Kier alpha value is -2.35. The van der Waals surface area contributed by atoms with Gasteiger partial charge in [-0.15, -0.1) is 0 Å². The van der Waals surface area contributed by atoms with Gasteiger partial charge >= 0.3 is 0 Å². The van der Waals surface area contributed by atoms with Crippen molar-refractivity contribution in [2.75, 3.05) is 12.3 Å². The summed E-state index contributed by atoms with van der Waals surface area (Å²) in [5, 5.41) is 2.71. The van der Waals surface area contributed by atoms with Crippen LogP contribution in [0.2, 0.25) is 0 Å². The van der Waals surface area contributed by atoms with E-state index in [1.165, 1.54) is 4.40 Å². The monoisotopic (exact) mass is 347 g/mol. The number of H-pyrrole nitrogens is 1. The van der Waals surface area contributed by atoms with Crippen LogP contribution < -0.4 is 5.32 Å². The van der Waals surface area contributed by atoms with Crippen molar-refractivity contribution in [3.8, 4) is 0 Å². The summed E-state index contributed by atoms with van der Waals surface area (Å²) in [4.78, 5) is 23.4. The molecule has 0 atom stereocenters. The predicted molar refractivity (Wildman–Crippen MR) is 91.7 cm³/mol. The van der Waals surface area contributed by atoms with Crippen LogP contribution in [0.1, 0.15) is 27.4 Å². The van der Waals surface area contributed by atoms with E-state index in [9.17, 15) is 9.18 Å². The molecule has 3 rings (SSSR count). The summed E-state index contributed by atoms with van der Waals surface area (Å²) in [5.41, 5.74) is 3.28. The molecular weight excluding hydrogens is 329 g/mol. The number of hydrogen-bond acceptors (Lipinski definition) is 4. The maximum atomic E-state index is 14.2. The molecule has 1 amide bonds. The summed E-state index contributed by atoms with van der Waals surface area (Å²) in [5.74, 6) is 0.354. The molecule has 0 spiro atoms. The fourth-order valence-corrected chi connectivity index (χ4v) is 3.16. The number of fused-ring (bicyclic) bond motifs is 1. The molecular formula is C16H18FN5OS. The maximum Gasteiger partial charge on any atom is 0.274 e. The summed E-state index contributed by atoms with van der Waals surface area (Å²) >= 11 is 1.66. The Labute approximate surface area is 142 Å². The number of aromatic amines is 1. The first kappa shape index (κ1) is 16.5. The van der Waals surface area contributed by atoms with Gasteiger partial charge < -0.3 is 10.3 Å². The fraction of sp³-hybridized carbons (Fsp3) is 0.312. The number of thioether (sulfide) groups is 1. The molecule has 0 saturated heterocycles. The van der Waals surface area contributed by atoms with Crippen molar-refractivity contribution in [3.05, 3.63) is 53.2 Å². The summed E-state index contributed by atoms with van der Waals surface area (Å²) in [7, 11) is 0. The molecule has 0 radical (unpaired) electrons. The van der Waals surface area contributed by atoms with Gasteiger partial charge in [-0.05, 0) is 31.5 Å². The number of imidazole rings is 2. The van der Waals surface area contributed by atoms with Crippen molar-refractivity contribution < 1.29 is 9.18 Å². The Morgan fingerprint density at radius 1 is 1.46 bits per heavy atom. The summed E-state index contributed by atoms with van der Waals surface area (Å²) in [6.45, 7) is 4.31. The normalized spacial score (nSPS) is 11.1. The second-order valence-corrected chi connectivity index (χ2v) is 6.57. The molecule has 0 bridgehead atoms. The van der Waals surface area contributed by atoms with Gasteiger partial charge in [0.25, 0.3) is 5.91 Å². The minimum absolute atomic E-state index is 0.172. The first-order valence-corrected chi connectivity index (χ1v) is 8.70. The number of aryl methyl sites for hydroxylation is 2. The molecule has 126 valence electrons. The molecule has 2 N–H and O–H groups in total. The average Bonchev–Trinajstić information content (AvgIpc) is 3.10. The van der Waals surface area contributed by atoms with Gasteiger partial charge in [0.15, 0.2) is 5.69 Å². The highest BCUT2D eigenvalue weighted by atomic mass is 32.2. The van der Waals surface area contributed by atoms with Gasteiger partial charge in [-0.3, -0.25) is 9.20 Å². The molecule has 0 aliphatic rings. The molecule has 0 saturated carbocycles. The minimum Gasteiger partial charge on any atom is -0.350 e. The quantitative estimate of drug-likeness (QED) is 0.672. The van der Waals surface area contributed by atoms with Gasteiger partial charge in [0.1, 0.15) is 5.65 Å². The average molecular weight is 347 g/mol. The van der Waals surface area contributed by atoms with Crippen molar-refractivity contribution in [1.29, 1.82) is 0 Å². The lowest BCUT2D eigenvalue weighted by molar-refractivity contribution is 0.0947.